The Hall–Kier alpha value is -2.04. The number of benzene rings is 2. The highest BCUT2D eigenvalue weighted by atomic mass is 35.5. The van der Waals surface area contributed by atoms with Gasteiger partial charge in [-0.2, -0.15) is 0 Å². The number of halogens is 1. The minimum absolute atomic E-state index is 0. The average molecular weight is 335 g/mol. The van der Waals surface area contributed by atoms with E-state index in [4.69, 9.17) is 10.5 Å². The zero-order valence-corrected chi connectivity index (χ0v) is 14.0. The van der Waals surface area contributed by atoms with Crippen LogP contribution in [0.3, 0.4) is 0 Å². The quantitative estimate of drug-likeness (QED) is 0.818. The van der Waals surface area contributed by atoms with E-state index >= 15 is 0 Å². The summed E-state index contributed by atoms with van der Waals surface area (Å²) >= 11 is 0. The smallest absolute Gasteiger partial charge is 0.224 e. The number of hydrogen-bond donors (Lipinski definition) is 2. The molecule has 3 N–H and O–H groups in total. The Bertz CT molecular complexity index is 605. The molecule has 124 valence electrons. The van der Waals surface area contributed by atoms with Gasteiger partial charge in [0.15, 0.2) is 0 Å². The highest BCUT2D eigenvalue weighted by molar-refractivity contribution is 5.85. The van der Waals surface area contributed by atoms with Crippen molar-refractivity contribution in [3.05, 3.63) is 65.7 Å². The van der Waals surface area contributed by atoms with E-state index in [2.05, 4.69) is 5.32 Å². The minimum Gasteiger partial charge on any atom is -0.489 e. The van der Waals surface area contributed by atoms with Crippen LogP contribution >= 0.6 is 12.4 Å². The summed E-state index contributed by atoms with van der Waals surface area (Å²) in [5.74, 6) is 0.560. The summed E-state index contributed by atoms with van der Waals surface area (Å²) in [6.07, 6.45) is 0. The van der Waals surface area contributed by atoms with E-state index in [9.17, 15) is 4.79 Å². The standard InChI is InChI=1S/C18H22N2O2.ClH/c1-14(11-19)18(21)20-12-16-9-5-6-10-17(16)22-13-15-7-3-2-4-8-15;/h2-10,14H,11-13,19H2,1H3,(H,20,21);1H. The third-order valence-corrected chi connectivity index (χ3v) is 3.46. The maximum atomic E-state index is 11.8. The molecule has 23 heavy (non-hydrogen) atoms. The molecule has 4 nitrogen and oxygen atoms in total. The number of carbonyl (C=O) groups is 1. The van der Waals surface area contributed by atoms with Crippen LogP contribution in [0.15, 0.2) is 54.6 Å². The van der Waals surface area contributed by atoms with Crippen molar-refractivity contribution in [3.63, 3.8) is 0 Å². The molecule has 2 aromatic carbocycles. The largest absolute Gasteiger partial charge is 0.489 e. The van der Waals surface area contributed by atoms with Gasteiger partial charge in [-0.1, -0.05) is 55.5 Å². The summed E-state index contributed by atoms with van der Waals surface area (Å²) in [4.78, 5) is 11.8. The third kappa shape index (κ3) is 5.93. The van der Waals surface area contributed by atoms with Gasteiger partial charge in [-0.3, -0.25) is 4.79 Å². The van der Waals surface area contributed by atoms with Gasteiger partial charge in [0.05, 0.1) is 0 Å². The second-order valence-corrected chi connectivity index (χ2v) is 5.24. The molecule has 0 fully saturated rings. The molecule has 1 amide bonds. The first-order chi connectivity index (χ1) is 10.7. The van der Waals surface area contributed by atoms with Gasteiger partial charge in [0.25, 0.3) is 0 Å². The van der Waals surface area contributed by atoms with Crippen LogP contribution in [0.2, 0.25) is 0 Å². The Morgan fingerprint density at radius 2 is 1.78 bits per heavy atom. The Morgan fingerprint density at radius 3 is 2.48 bits per heavy atom. The molecule has 0 radical (unpaired) electrons. The van der Waals surface area contributed by atoms with Gasteiger partial charge in [-0.25, -0.2) is 0 Å². The molecule has 0 aliphatic rings. The summed E-state index contributed by atoms with van der Waals surface area (Å²) in [5.41, 5.74) is 7.56. The predicted octanol–water partition coefficient (Wildman–Crippen LogP) is 2.90. The molecule has 2 rings (SSSR count). The molecule has 0 aromatic heterocycles. The van der Waals surface area contributed by atoms with Crippen molar-refractivity contribution in [1.29, 1.82) is 0 Å². The van der Waals surface area contributed by atoms with Crippen LogP contribution in [0, 0.1) is 5.92 Å². The van der Waals surface area contributed by atoms with Gasteiger partial charge in [0.2, 0.25) is 5.91 Å². The van der Waals surface area contributed by atoms with Crippen molar-refractivity contribution < 1.29 is 9.53 Å². The van der Waals surface area contributed by atoms with Crippen LogP contribution in [0.1, 0.15) is 18.1 Å². The Labute approximate surface area is 143 Å². The van der Waals surface area contributed by atoms with Crippen molar-refractivity contribution in [3.8, 4) is 5.75 Å². The van der Waals surface area contributed by atoms with Gasteiger partial charge in [0.1, 0.15) is 12.4 Å². The van der Waals surface area contributed by atoms with E-state index < -0.39 is 0 Å². The van der Waals surface area contributed by atoms with Crippen molar-refractivity contribution in [1.82, 2.24) is 5.32 Å². The second-order valence-electron chi connectivity index (χ2n) is 5.24. The number of carbonyl (C=O) groups excluding carboxylic acids is 1. The van der Waals surface area contributed by atoms with Crippen LogP contribution in [0.25, 0.3) is 0 Å². The first-order valence-corrected chi connectivity index (χ1v) is 7.43. The monoisotopic (exact) mass is 334 g/mol. The highest BCUT2D eigenvalue weighted by Gasteiger charge is 2.11. The molecule has 1 unspecified atom stereocenters. The van der Waals surface area contributed by atoms with Crippen molar-refractivity contribution in [2.75, 3.05) is 6.54 Å². The van der Waals surface area contributed by atoms with Crippen molar-refractivity contribution in [2.24, 2.45) is 11.7 Å². The first-order valence-electron chi connectivity index (χ1n) is 7.43. The lowest BCUT2D eigenvalue weighted by Gasteiger charge is -2.14. The SMILES string of the molecule is CC(CN)C(=O)NCc1ccccc1OCc1ccccc1.Cl. The lowest BCUT2D eigenvalue weighted by molar-refractivity contribution is -0.124. The summed E-state index contributed by atoms with van der Waals surface area (Å²) in [7, 11) is 0. The Kier molecular flexibility index (Phi) is 8.16. The van der Waals surface area contributed by atoms with Crippen LogP contribution in [0.5, 0.6) is 5.75 Å². The summed E-state index contributed by atoms with van der Waals surface area (Å²) in [6, 6.07) is 17.7. The van der Waals surface area contributed by atoms with E-state index in [0.717, 1.165) is 16.9 Å². The molecule has 0 saturated carbocycles. The van der Waals surface area contributed by atoms with Gasteiger partial charge < -0.3 is 15.8 Å². The van der Waals surface area contributed by atoms with E-state index in [1.165, 1.54) is 0 Å². The second kappa shape index (κ2) is 9.87. The normalized spacial score (nSPS) is 11.2. The molecular weight excluding hydrogens is 312 g/mol. The zero-order chi connectivity index (χ0) is 15.8. The first kappa shape index (κ1) is 19.0. The van der Waals surface area contributed by atoms with Crippen molar-refractivity contribution >= 4 is 18.3 Å². The maximum Gasteiger partial charge on any atom is 0.224 e. The lowest BCUT2D eigenvalue weighted by atomic mass is 10.1. The molecular formula is C18H23ClN2O2. The van der Waals surface area contributed by atoms with E-state index in [-0.39, 0.29) is 24.2 Å². The minimum atomic E-state index is -0.183. The summed E-state index contributed by atoms with van der Waals surface area (Å²) in [5, 5.41) is 2.89. The molecule has 0 saturated heterocycles. The van der Waals surface area contributed by atoms with Crippen LogP contribution in [0.4, 0.5) is 0 Å². The molecule has 0 heterocycles. The number of ether oxygens (including phenoxy) is 1. The molecule has 0 spiro atoms. The predicted molar refractivity (Wildman–Crippen MR) is 94.5 cm³/mol. The highest BCUT2D eigenvalue weighted by Crippen LogP contribution is 2.19. The van der Waals surface area contributed by atoms with E-state index in [1.54, 1.807) is 0 Å². The molecule has 0 aliphatic carbocycles. The summed E-state index contributed by atoms with van der Waals surface area (Å²) in [6.45, 7) is 3.10. The third-order valence-electron chi connectivity index (χ3n) is 3.46. The average Bonchev–Trinajstić information content (AvgIpc) is 2.58. The fourth-order valence-electron chi connectivity index (χ4n) is 1.99. The Morgan fingerprint density at radius 1 is 1.13 bits per heavy atom. The number of amides is 1. The number of nitrogens with one attached hydrogen (secondary N) is 1. The summed E-state index contributed by atoms with van der Waals surface area (Å²) < 4.78 is 5.87. The van der Waals surface area contributed by atoms with E-state index in [0.29, 0.717) is 19.7 Å². The fraction of sp³-hybridized carbons (Fsp3) is 0.278. The van der Waals surface area contributed by atoms with Crippen LogP contribution in [-0.2, 0) is 17.9 Å². The Balaban J connectivity index is 0.00000264. The van der Waals surface area contributed by atoms with Gasteiger partial charge in [-0.05, 0) is 11.6 Å². The van der Waals surface area contributed by atoms with Crippen LogP contribution in [-0.4, -0.2) is 12.5 Å². The number of rotatable bonds is 7. The van der Waals surface area contributed by atoms with Crippen LogP contribution < -0.4 is 15.8 Å². The molecule has 5 heteroatoms. The van der Waals surface area contributed by atoms with Gasteiger partial charge in [0, 0.05) is 24.6 Å². The van der Waals surface area contributed by atoms with Crippen molar-refractivity contribution in [2.45, 2.75) is 20.1 Å². The zero-order valence-electron chi connectivity index (χ0n) is 13.2. The molecule has 1 atom stereocenters. The number of nitrogens with two attached hydrogens (primary N) is 1. The number of para-hydroxylation sites is 1. The molecule has 0 aliphatic heterocycles. The molecule has 2 aromatic rings. The van der Waals surface area contributed by atoms with Gasteiger partial charge >= 0.3 is 0 Å². The van der Waals surface area contributed by atoms with E-state index in [1.807, 2.05) is 61.5 Å². The fourth-order valence-corrected chi connectivity index (χ4v) is 1.99. The lowest BCUT2D eigenvalue weighted by Crippen LogP contribution is -2.32. The number of hydrogen-bond acceptors (Lipinski definition) is 3. The maximum absolute atomic E-state index is 11.8. The van der Waals surface area contributed by atoms with Gasteiger partial charge in [-0.15, -0.1) is 12.4 Å². The topological polar surface area (TPSA) is 64.4 Å². The molecule has 0 bridgehead atoms.